The Morgan fingerprint density at radius 1 is 0.630 bits per heavy atom. The smallest absolute Gasteiger partial charge is 0.127 e. The Kier molecular flexibility index (Phi) is 13.3. The predicted octanol–water partition coefficient (Wildman–Crippen LogP) is 5.47. The van der Waals surface area contributed by atoms with Crippen molar-refractivity contribution in [1.29, 1.82) is 0 Å². The Hall–Kier alpha value is -4.44. The van der Waals surface area contributed by atoms with Crippen molar-refractivity contribution in [2.24, 2.45) is 0 Å². The Morgan fingerprint density at radius 3 is 1.85 bits per heavy atom. The molecule has 0 aliphatic rings. The fourth-order valence-electron chi connectivity index (χ4n) is 5.15. The number of hydrogen-bond acceptors (Lipinski definition) is 8. The molecule has 5 aromatic rings. The van der Waals surface area contributed by atoms with Crippen LogP contribution >= 0.6 is 0 Å². The molecule has 0 bridgehead atoms. The largest absolute Gasteiger partial charge is 0.457 e. The summed E-state index contributed by atoms with van der Waals surface area (Å²) in [6, 6.07) is 38.2. The number of para-hydroxylation sites is 1. The van der Waals surface area contributed by atoms with E-state index >= 15 is 0 Å². The maximum Gasteiger partial charge on any atom is 0.127 e. The first-order valence-electron chi connectivity index (χ1n) is 15.9. The molecule has 0 amide bonds. The summed E-state index contributed by atoms with van der Waals surface area (Å²) in [6.07, 6.45) is 3.67. The first kappa shape index (κ1) is 32.9. The van der Waals surface area contributed by atoms with Gasteiger partial charge in [0.1, 0.15) is 11.5 Å². The number of ether oxygens (including phenoxy) is 1. The lowest BCUT2D eigenvalue weighted by molar-refractivity contribution is 0.243. The molecular weight excluding hydrogens is 572 g/mol. The standard InChI is InChI=1S/C38H44N6O2/c45-30-38(33-9-8-14-37(25-33)46-36-12-2-1-3-13-36)43-26-31-15-17-32(18-16-31)29-44(23-21-39-27-34-10-4-6-19-41-34)24-22-40-28-35-11-5-7-20-42-35/h1-20,25,38-40,43,45H,21-24,26-30H2. The number of pyridine rings is 2. The van der Waals surface area contributed by atoms with E-state index in [2.05, 4.69) is 55.1 Å². The third kappa shape index (κ3) is 11.2. The quantitative estimate of drug-likeness (QED) is 0.0908. The normalized spacial score (nSPS) is 11.9. The summed E-state index contributed by atoms with van der Waals surface area (Å²) in [5, 5.41) is 20.7. The number of nitrogens with one attached hydrogen (secondary N) is 3. The van der Waals surface area contributed by atoms with Crippen LogP contribution < -0.4 is 20.7 Å². The third-order valence-corrected chi connectivity index (χ3v) is 7.68. The predicted molar refractivity (Wildman–Crippen MR) is 183 cm³/mol. The molecule has 8 heteroatoms. The van der Waals surface area contributed by atoms with E-state index in [4.69, 9.17) is 4.74 Å². The first-order chi connectivity index (χ1) is 22.7. The summed E-state index contributed by atoms with van der Waals surface area (Å²) < 4.78 is 6.00. The van der Waals surface area contributed by atoms with Crippen molar-refractivity contribution in [2.75, 3.05) is 32.8 Å². The molecule has 0 aliphatic heterocycles. The lowest BCUT2D eigenvalue weighted by Gasteiger charge is -2.23. The molecule has 0 radical (unpaired) electrons. The summed E-state index contributed by atoms with van der Waals surface area (Å²) in [7, 11) is 0. The van der Waals surface area contributed by atoms with Gasteiger partial charge in [-0.05, 0) is 65.2 Å². The van der Waals surface area contributed by atoms with Gasteiger partial charge in [0.05, 0.1) is 24.0 Å². The van der Waals surface area contributed by atoms with E-state index in [9.17, 15) is 5.11 Å². The SMILES string of the molecule is OCC(NCc1ccc(CN(CCNCc2ccccn2)CCNCc2ccccn2)cc1)c1cccc(Oc2ccccc2)c1. The maximum absolute atomic E-state index is 10.2. The van der Waals surface area contributed by atoms with Gasteiger partial charge in [-0.2, -0.15) is 0 Å². The summed E-state index contributed by atoms with van der Waals surface area (Å²) >= 11 is 0. The van der Waals surface area contributed by atoms with Crippen LogP contribution in [-0.4, -0.2) is 52.8 Å². The molecule has 0 saturated carbocycles. The molecule has 0 spiro atoms. The molecule has 3 aromatic carbocycles. The number of aliphatic hydroxyl groups excluding tert-OH is 1. The highest BCUT2D eigenvalue weighted by Gasteiger charge is 2.12. The van der Waals surface area contributed by atoms with Gasteiger partial charge >= 0.3 is 0 Å². The lowest BCUT2D eigenvalue weighted by Crippen LogP contribution is -2.36. The van der Waals surface area contributed by atoms with Crippen molar-refractivity contribution in [2.45, 2.75) is 32.2 Å². The second kappa shape index (κ2) is 18.5. The van der Waals surface area contributed by atoms with Crippen molar-refractivity contribution in [3.05, 3.63) is 156 Å². The van der Waals surface area contributed by atoms with Crippen molar-refractivity contribution < 1.29 is 9.84 Å². The summed E-state index contributed by atoms with van der Waals surface area (Å²) in [5.41, 5.74) is 5.51. The molecule has 46 heavy (non-hydrogen) atoms. The van der Waals surface area contributed by atoms with E-state index < -0.39 is 0 Å². The summed E-state index contributed by atoms with van der Waals surface area (Å²) in [5.74, 6) is 1.53. The number of hydrogen-bond donors (Lipinski definition) is 4. The highest BCUT2D eigenvalue weighted by Crippen LogP contribution is 2.24. The lowest BCUT2D eigenvalue weighted by atomic mass is 10.1. The maximum atomic E-state index is 10.2. The van der Waals surface area contributed by atoms with E-state index in [1.165, 1.54) is 11.1 Å². The molecule has 1 unspecified atom stereocenters. The van der Waals surface area contributed by atoms with Gasteiger partial charge in [0.15, 0.2) is 0 Å². The minimum Gasteiger partial charge on any atom is -0.457 e. The minimum atomic E-state index is -0.202. The van der Waals surface area contributed by atoms with Gasteiger partial charge in [0.25, 0.3) is 0 Å². The average molecular weight is 617 g/mol. The second-order valence-corrected chi connectivity index (χ2v) is 11.2. The molecule has 5 rings (SSSR count). The molecule has 8 nitrogen and oxygen atoms in total. The van der Waals surface area contributed by atoms with E-state index in [0.717, 1.165) is 74.3 Å². The van der Waals surface area contributed by atoms with E-state index in [0.29, 0.717) is 6.54 Å². The minimum absolute atomic E-state index is 0.00935. The van der Waals surface area contributed by atoms with Crippen LogP contribution in [0.5, 0.6) is 11.5 Å². The van der Waals surface area contributed by atoms with Crippen LogP contribution in [-0.2, 0) is 26.2 Å². The van der Waals surface area contributed by atoms with Gasteiger partial charge in [-0.25, -0.2) is 0 Å². The molecule has 238 valence electrons. The average Bonchev–Trinajstić information content (AvgIpc) is 3.11. The highest BCUT2D eigenvalue weighted by atomic mass is 16.5. The van der Waals surface area contributed by atoms with Crippen LogP contribution in [0.15, 0.2) is 128 Å². The zero-order chi connectivity index (χ0) is 31.7. The molecule has 2 heterocycles. The van der Waals surface area contributed by atoms with Crippen molar-refractivity contribution >= 4 is 0 Å². The van der Waals surface area contributed by atoms with E-state index in [-0.39, 0.29) is 12.6 Å². The fraction of sp³-hybridized carbons (Fsp3) is 0.263. The fourth-order valence-corrected chi connectivity index (χ4v) is 5.15. The van der Waals surface area contributed by atoms with Gasteiger partial charge in [-0.3, -0.25) is 14.9 Å². The number of aromatic nitrogens is 2. The first-order valence-corrected chi connectivity index (χ1v) is 15.9. The van der Waals surface area contributed by atoms with Crippen molar-refractivity contribution in [3.63, 3.8) is 0 Å². The van der Waals surface area contributed by atoms with Crippen LogP contribution in [0.25, 0.3) is 0 Å². The Labute approximate surface area is 272 Å². The molecule has 0 saturated heterocycles. The zero-order valence-electron chi connectivity index (χ0n) is 26.3. The molecule has 0 aliphatic carbocycles. The monoisotopic (exact) mass is 616 g/mol. The van der Waals surface area contributed by atoms with Crippen LogP contribution in [0.3, 0.4) is 0 Å². The Balaban J connectivity index is 1.12. The van der Waals surface area contributed by atoms with Crippen LogP contribution in [0.4, 0.5) is 0 Å². The van der Waals surface area contributed by atoms with Crippen LogP contribution in [0.1, 0.15) is 34.1 Å². The molecule has 0 fully saturated rings. The van der Waals surface area contributed by atoms with Gasteiger partial charge < -0.3 is 25.8 Å². The molecule has 1 atom stereocenters. The van der Waals surface area contributed by atoms with E-state index in [1.54, 1.807) is 0 Å². The Morgan fingerprint density at radius 2 is 1.24 bits per heavy atom. The molecular formula is C38H44N6O2. The number of nitrogens with zero attached hydrogens (tertiary/aromatic N) is 3. The molecule has 2 aromatic heterocycles. The third-order valence-electron chi connectivity index (χ3n) is 7.68. The van der Waals surface area contributed by atoms with Gasteiger partial charge in [0, 0.05) is 64.8 Å². The second-order valence-electron chi connectivity index (χ2n) is 11.2. The topological polar surface area (TPSA) is 94.6 Å². The van der Waals surface area contributed by atoms with Gasteiger partial charge in [0.2, 0.25) is 0 Å². The Bertz CT molecular complexity index is 1490. The number of rotatable bonds is 19. The van der Waals surface area contributed by atoms with E-state index in [1.807, 2.05) is 103 Å². The summed E-state index contributed by atoms with van der Waals surface area (Å²) in [4.78, 5) is 11.3. The molecule has 4 N–H and O–H groups in total. The van der Waals surface area contributed by atoms with Gasteiger partial charge in [-0.1, -0.05) is 66.7 Å². The highest BCUT2D eigenvalue weighted by molar-refractivity contribution is 5.35. The van der Waals surface area contributed by atoms with Crippen LogP contribution in [0.2, 0.25) is 0 Å². The van der Waals surface area contributed by atoms with Gasteiger partial charge in [-0.15, -0.1) is 0 Å². The van der Waals surface area contributed by atoms with Crippen molar-refractivity contribution in [1.82, 2.24) is 30.8 Å². The number of benzene rings is 3. The zero-order valence-corrected chi connectivity index (χ0v) is 26.3. The number of aliphatic hydroxyl groups is 1. The van der Waals surface area contributed by atoms with Crippen molar-refractivity contribution in [3.8, 4) is 11.5 Å². The van der Waals surface area contributed by atoms with Crippen LogP contribution in [0, 0.1) is 0 Å². The summed E-state index contributed by atoms with van der Waals surface area (Å²) in [6.45, 7) is 6.61.